The van der Waals surface area contributed by atoms with E-state index in [1.807, 2.05) is 12.1 Å². The minimum Gasteiger partial charge on any atom is -0.352 e. The monoisotopic (exact) mass is 364 g/mol. The number of hydrogen-bond acceptors (Lipinski definition) is 3. The molecule has 1 aliphatic rings. The van der Waals surface area contributed by atoms with Crippen molar-refractivity contribution in [2.24, 2.45) is 5.92 Å². The summed E-state index contributed by atoms with van der Waals surface area (Å²) in [5.74, 6) is 0.760. The van der Waals surface area contributed by atoms with Crippen molar-refractivity contribution in [3.63, 3.8) is 0 Å². The zero-order valence-corrected chi connectivity index (χ0v) is 15.6. The number of nitrogens with one attached hydrogen (secondary N) is 2. The van der Waals surface area contributed by atoms with Crippen LogP contribution in [0, 0.1) is 12.8 Å². The highest BCUT2D eigenvalue weighted by atomic mass is 35.5. The van der Waals surface area contributed by atoms with Crippen molar-refractivity contribution in [2.45, 2.75) is 26.2 Å². The summed E-state index contributed by atoms with van der Waals surface area (Å²) in [4.78, 5) is 14.8. The Kier molecular flexibility index (Phi) is 7.28. The first-order chi connectivity index (χ1) is 11.2. The fourth-order valence-electron chi connectivity index (χ4n) is 3.03. The smallest absolute Gasteiger partial charge is 0.251 e. The molecule has 1 fully saturated rings. The lowest BCUT2D eigenvalue weighted by atomic mass is 9.98. The number of benzene rings is 1. The minimum absolute atomic E-state index is 0. The lowest BCUT2D eigenvalue weighted by molar-refractivity contribution is 0.0954. The predicted molar refractivity (Wildman–Crippen MR) is 103 cm³/mol. The standard InChI is InChI=1S/C19H24N2OS.ClH/c1-14-2-7-18(23-14)9-11-21-19(22)17-5-3-15(4-6-17)12-16-8-10-20-13-16;/h2-7,16,20H,8-13H2,1H3,(H,21,22);1H. The van der Waals surface area contributed by atoms with Gasteiger partial charge in [-0.15, -0.1) is 23.7 Å². The van der Waals surface area contributed by atoms with Crippen molar-refractivity contribution in [2.75, 3.05) is 19.6 Å². The molecule has 3 nitrogen and oxygen atoms in total. The Balaban J connectivity index is 0.00000208. The second-order valence-corrected chi connectivity index (χ2v) is 7.65. The zero-order valence-electron chi connectivity index (χ0n) is 14.0. The topological polar surface area (TPSA) is 41.1 Å². The summed E-state index contributed by atoms with van der Waals surface area (Å²) in [6.07, 6.45) is 3.26. The van der Waals surface area contributed by atoms with E-state index >= 15 is 0 Å². The molecule has 130 valence electrons. The first-order valence-corrected chi connectivity index (χ1v) is 9.15. The number of aryl methyl sites for hydroxylation is 1. The molecule has 0 saturated carbocycles. The lowest BCUT2D eigenvalue weighted by Gasteiger charge is -2.09. The molecular weight excluding hydrogens is 340 g/mol. The first-order valence-electron chi connectivity index (χ1n) is 8.34. The maximum Gasteiger partial charge on any atom is 0.251 e. The molecule has 0 spiro atoms. The number of halogens is 1. The molecule has 2 heterocycles. The van der Waals surface area contributed by atoms with Gasteiger partial charge < -0.3 is 10.6 Å². The van der Waals surface area contributed by atoms with Crippen LogP contribution in [-0.4, -0.2) is 25.5 Å². The molecule has 1 aliphatic heterocycles. The summed E-state index contributed by atoms with van der Waals surface area (Å²) < 4.78 is 0. The van der Waals surface area contributed by atoms with E-state index in [1.165, 1.54) is 21.7 Å². The molecule has 0 bridgehead atoms. The Hall–Kier alpha value is -1.36. The Morgan fingerprint density at radius 1 is 1.25 bits per heavy atom. The normalized spacial score (nSPS) is 16.6. The van der Waals surface area contributed by atoms with Gasteiger partial charge in [0.15, 0.2) is 0 Å². The van der Waals surface area contributed by atoms with Crippen molar-refractivity contribution >= 4 is 29.7 Å². The maximum atomic E-state index is 12.2. The quantitative estimate of drug-likeness (QED) is 0.822. The fourth-order valence-corrected chi connectivity index (χ4v) is 3.92. The van der Waals surface area contributed by atoms with Crippen LogP contribution in [0.3, 0.4) is 0 Å². The van der Waals surface area contributed by atoms with Gasteiger partial charge in [-0.2, -0.15) is 0 Å². The van der Waals surface area contributed by atoms with Gasteiger partial charge in [0.25, 0.3) is 5.91 Å². The number of rotatable bonds is 6. The average Bonchev–Trinajstić information content (AvgIpc) is 3.20. The molecular formula is C19H25ClN2OS. The van der Waals surface area contributed by atoms with E-state index in [0.29, 0.717) is 6.54 Å². The molecule has 0 radical (unpaired) electrons. The molecule has 1 saturated heterocycles. The summed E-state index contributed by atoms with van der Waals surface area (Å²) in [5, 5.41) is 6.40. The second-order valence-electron chi connectivity index (χ2n) is 6.28. The maximum absolute atomic E-state index is 12.2. The molecule has 5 heteroatoms. The second kappa shape index (κ2) is 9.21. The molecule has 2 aromatic rings. The van der Waals surface area contributed by atoms with Crippen LogP contribution in [0.25, 0.3) is 0 Å². The largest absolute Gasteiger partial charge is 0.352 e. The summed E-state index contributed by atoms with van der Waals surface area (Å²) in [7, 11) is 0. The van der Waals surface area contributed by atoms with Gasteiger partial charge in [0.05, 0.1) is 0 Å². The van der Waals surface area contributed by atoms with E-state index in [0.717, 1.165) is 37.4 Å². The Morgan fingerprint density at radius 3 is 2.67 bits per heavy atom. The van der Waals surface area contributed by atoms with Crippen molar-refractivity contribution in [1.82, 2.24) is 10.6 Å². The average molecular weight is 365 g/mol. The molecule has 1 aromatic carbocycles. The summed E-state index contributed by atoms with van der Waals surface area (Å²) >= 11 is 1.80. The number of carbonyl (C=O) groups is 1. The highest BCUT2D eigenvalue weighted by molar-refractivity contribution is 7.11. The van der Waals surface area contributed by atoms with E-state index in [2.05, 4.69) is 41.8 Å². The van der Waals surface area contributed by atoms with Gasteiger partial charge in [0.2, 0.25) is 0 Å². The number of amides is 1. The van der Waals surface area contributed by atoms with Crippen LogP contribution in [0.4, 0.5) is 0 Å². The molecule has 1 amide bonds. The summed E-state index contributed by atoms with van der Waals surface area (Å²) in [6.45, 7) is 5.05. The number of hydrogen-bond donors (Lipinski definition) is 2. The van der Waals surface area contributed by atoms with E-state index in [1.54, 1.807) is 11.3 Å². The van der Waals surface area contributed by atoms with Crippen molar-refractivity contribution < 1.29 is 4.79 Å². The van der Waals surface area contributed by atoms with Crippen LogP contribution < -0.4 is 10.6 Å². The number of thiophene rings is 1. The molecule has 1 aromatic heterocycles. The van der Waals surface area contributed by atoms with Crippen LogP contribution in [0.5, 0.6) is 0 Å². The van der Waals surface area contributed by atoms with E-state index in [9.17, 15) is 4.79 Å². The van der Waals surface area contributed by atoms with Crippen LogP contribution in [0.15, 0.2) is 36.4 Å². The highest BCUT2D eigenvalue weighted by Crippen LogP contribution is 2.16. The van der Waals surface area contributed by atoms with Gasteiger partial charge in [0.1, 0.15) is 0 Å². The van der Waals surface area contributed by atoms with Gasteiger partial charge in [-0.3, -0.25) is 4.79 Å². The van der Waals surface area contributed by atoms with E-state index in [-0.39, 0.29) is 18.3 Å². The van der Waals surface area contributed by atoms with Crippen molar-refractivity contribution in [3.8, 4) is 0 Å². The predicted octanol–water partition coefficient (Wildman–Crippen LogP) is 3.60. The van der Waals surface area contributed by atoms with Gasteiger partial charge in [-0.25, -0.2) is 0 Å². The third-order valence-corrected chi connectivity index (χ3v) is 5.42. The SMILES string of the molecule is Cc1ccc(CCNC(=O)c2ccc(CC3CCNC3)cc2)s1.Cl. The van der Waals surface area contributed by atoms with Gasteiger partial charge in [-0.1, -0.05) is 12.1 Å². The van der Waals surface area contributed by atoms with Crippen molar-refractivity contribution in [1.29, 1.82) is 0 Å². The third-order valence-electron chi connectivity index (χ3n) is 4.36. The van der Waals surface area contributed by atoms with Crippen molar-refractivity contribution in [3.05, 3.63) is 57.3 Å². The van der Waals surface area contributed by atoms with Crippen LogP contribution in [-0.2, 0) is 12.8 Å². The molecule has 24 heavy (non-hydrogen) atoms. The zero-order chi connectivity index (χ0) is 16.1. The highest BCUT2D eigenvalue weighted by Gasteiger charge is 2.15. The molecule has 1 atom stereocenters. The van der Waals surface area contributed by atoms with Crippen LogP contribution >= 0.6 is 23.7 Å². The Bertz CT molecular complexity index is 648. The van der Waals surface area contributed by atoms with Gasteiger partial charge >= 0.3 is 0 Å². The molecule has 3 rings (SSSR count). The molecule has 1 unspecified atom stereocenters. The third kappa shape index (κ3) is 5.33. The van der Waals surface area contributed by atoms with Gasteiger partial charge in [0, 0.05) is 21.9 Å². The van der Waals surface area contributed by atoms with Crippen LogP contribution in [0.2, 0.25) is 0 Å². The minimum atomic E-state index is 0. The summed E-state index contributed by atoms with van der Waals surface area (Å²) in [5.41, 5.74) is 2.07. The van der Waals surface area contributed by atoms with E-state index in [4.69, 9.17) is 0 Å². The first kappa shape index (κ1) is 19.0. The van der Waals surface area contributed by atoms with E-state index < -0.39 is 0 Å². The van der Waals surface area contributed by atoms with Gasteiger partial charge in [-0.05, 0) is 75.0 Å². The lowest BCUT2D eigenvalue weighted by Crippen LogP contribution is -2.25. The molecule has 2 N–H and O–H groups in total. The van der Waals surface area contributed by atoms with Crippen LogP contribution in [0.1, 0.15) is 32.1 Å². The summed E-state index contributed by atoms with van der Waals surface area (Å²) in [6, 6.07) is 12.3. The Morgan fingerprint density at radius 2 is 2.04 bits per heavy atom. The molecule has 0 aliphatic carbocycles. The number of carbonyl (C=O) groups excluding carboxylic acids is 1. The Labute approximate surface area is 154 Å². The fraction of sp³-hybridized carbons (Fsp3) is 0.421.